The van der Waals surface area contributed by atoms with Gasteiger partial charge >= 0.3 is 0 Å². The Kier molecular flexibility index (Phi) is 22.3. The summed E-state index contributed by atoms with van der Waals surface area (Å²) in [6, 6.07) is -0.0401. The highest BCUT2D eigenvalue weighted by molar-refractivity contribution is 5.77. The first-order chi connectivity index (χ1) is 16.5. The number of amides is 4. The van der Waals surface area contributed by atoms with Gasteiger partial charge < -0.3 is 40.2 Å². The molecule has 0 aromatic carbocycles. The van der Waals surface area contributed by atoms with Crippen LogP contribution in [0.25, 0.3) is 0 Å². The van der Waals surface area contributed by atoms with E-state index in [4.69, 9.17) is 18.9 Å². The van der Waals surface area contributed by atoms with Crippen molar-refractivity contribution in [1.29, 1.82) is 0 Å². The van der Waals surface area contributed by atoms with Crippen LogP contribution in [0.3, 0.4) is 0 Å². The molecule has 0 unspecified atom stereocenters. The van der Waals surface area contributed by atoms with Gasteiger partial charge in [-0.25, -0.2) is 0 Å². The standard InChI is InChI=1S/C22H42N4O8/c1-3-4-7-23-21(29)16-33-14-13-32-11-9-25-22(30)17-34-15-12-31-10-8-24-20(28)6-5-19(2)26-18-27/h18-19H,3-17H2,1-2H3,(H,23,29)(H,24,28)(H,25,30)(H,26,27)/t19-/m1/s1. The molecule has 0 aliphatic rings. The summed E-state index contributed by atoms with van der Waals surface area (Å²) in [4.78, 5) is 45.0. The molecule has 12 heteroatoms. The number of rotatable bonds is 24. The lowest BCUT2D eigenvalue weighted by Crippen LogP contribution is -2.32. The van der Waals surface area contributed by atoms with E-state index in [1.807, 2.05) is 6.92 Å². The van der Waals surface area contributed by atoms with E-state index >= 15 is 0 Å². The van der Waals surface area contributed by atoms with Crippen molar-refractivity contribution < 1.29 is 38.1 Å². The van der Waals surface area contributed by atoms with Crippen LogP contribution >= 0.6 is 0 Å². The van der Waals surface area contributed by atoms with E-state index in [0.29, 0.717) is 71.9 Å². The molecule has 0 spiro atoms. The Morgan fingerprint density at radius 2 is 1.24 bits per heavy atom. The first-order valence-corrected chi connectivity index (χ1v) is 11.8. The van der Waals surface area contributed by atoms with Crippen molar-refractivity contribution in [2.75, 3.05) is 72.5 Å². The summed E-state index contributed by atoms with van der Waals surface area (Å²) in [7, 11) is 0. The van der Waals surface area contributed by atoms with E-state index in [2.05, 4.69) is 28.2 Å². The molecule has 0 rings (SSSR count). The van der Waals surface area contributed by atoms with Crippen LogP contribution < -0.4 is 21.3 Å². The molecular formula is C22H42N4O8. The lowest BCUT2D eigenvalue weighted by molar-refractivity contribution is -0.127. The summed E-state index contributed by atoms with van der Waals surface area (Å²) >= 11 is 0. The average molecular weight is 491 g/mol. The van der Waals surface area contributed by atoms with E-state index in [1.54, 1.807) is 0 Å². The second-order valence-electron chi connectivity index (χ2n) is 7.46. The molecule has 4 amide bonds. The van der Waals surface area contributed by atoms with Gasteiger partial charge in [-0.2, -0.15) is 0 Å². The maximum absolute atomic E-state index is 11.6. The van der Waals surface area contributed by atoms with Crippen LogP contribution in [0.4, 0.5) is 0 Å². The maximum atomic E-state index is 11.6. The minimum atomic E-state index is -0.255. The third-order valence-corrected chi connectivity index (χ3v) is 4.36. The van der Waals surface area contributed by atoms with Gasteiger partial charge in [-0.05, 0) is 19.8 Å². The number of carbonyl (C=O) groups excluding carboxylic acids is 4. The SMILES string of the molecule is CCCCNC(=O)COCCOCCNC(=O)COCCOCCNC(=O)CC[C@@H](C)NC=O. The van der Waals surface area contributed by atoms with Gasteiger partial charge in [0.1, 0.15) is 13.2 Å². The topological polar surface area (TPSA) is 153 Å². The third-order valence-electron chi connectivity index (χ3n) is 4.36. The zero-order valence-electron chi connectivity index (χ0n) is 20.5. The van der Waals surface area contributed by atoms with Crippen molar-refractivity contribution in [3.8, 4) is 0 Å². The molecule has 12 nitrogen and oxygen atoms in total. The lowest BCUT2D eigenvalue weighted by atomic mass is 10.2. The molecule has 198 valence electrons. The molecular weight excluding hydrogens is 448 g/mol. The first kappa shape index (κ1) is 31.7. The monoisotopic (exact) mass is 490 g/mol. The number of hydrogen-bond acceptors (Lipinski definition) is 8. The predicted molar refractivity (Wildman–Crippen MR) is 125 cm³/mol. The fourth-order valence-electron chi connectivity index (χ4n) is 2.44. The first-order valence-electron chi connectivity index (χ1n) is 11.8. The predicted octanol–water partition coefficient (Wildman–Crippen LogP) is -0.884. The van der Waals surface area contributed by atoms with Gasteiger partial charge in [-0.1, -0.05) is 13.3 Å². The molecule has 0 heterocycles. The van der Waals surface area contributed by atoms with Crippen molar-refractivity contribution in [2.45, 2.75) is 45.6 Å². The van der Waals surface area contributed by atoms with Crippen molar-refractivity contribution in [1.82, 2.24) is 21.3 Å². The molecule has 0 radical (unpaired) electrons. The smallest absolute Gasteiger partial charge is 0.246 e. The normalized spacial score (nSPS) is 11.5. The average Bonchev–Trinajstić information content (AvgIpc) is 2.81. The molecule has 0 saturated heterocycles. The summed E-state index contributed by atoms with van der Waals surface area (Å²) in [5.74, 6) is -0.490. The number of ether oxygens (including phenoxy) is 4. The largest absolute Gasteiger partial charge is 0.377 e. The van der Waals surface area contributed by atoms with Gasteiger partial charge in [0.05, 0.1) is 39.6 Å². The molecule has 34 heavy (non-hydrogen) atoms. The van der Waals surface area contributed by atoms with Crippen LogP contribution in [0, 0.1) is 0 Å². The fraction of sp³-hybridized carbons (Fsp3) is 0.818. The maximum Gasteiger partial charge on any atom is 0.246 e. The molecule has 0 fully saturated rings. The molecule has 1 atom stereocenters. The second-order valence-corrected chi connectivity index (χ2v) is 7.46. The Morgan fingerprint density at radius 1 is 0.735 bits per heavy atom. The van der Waals surface area contributed by atoms with Gasteiger partial charge in [0.15, 0.2) is 0 Å². The summed E-state index contributed by atoms with van der Waals surface area (Å²) in [5, 5.41) is 10.7. The van der Waals surface area contributed by atoms with Gasteiger partial charge in [-0.15, -0.1) is 0 Å². The van der Waals surface area contributed by atoms with Crippen LogP contribution in [-0.4, -0.2) is 103 Å². The minimum Gasteiger partial charge on any atom is -0.377 e. The van der Waals surface area contributed by atoms with Gasteiger partial charge in [-0.3, -0.25) is 19.2 Å². The Hall–Kier alpha value is -2.28. The molecule has 0 aromatic heterocycles. The van der Waals surface area contributed by atoms with Crippen LogP contribution in [-0.2, 0) is 38.1 Å². The molecule has 0 saturated carbocycles. The quantitative estimate of drug-likeness (QED) is 0.100. The number of carbonyl (C=O) groups is 4. The molecule has 0 aliphatic carbocycles. The van der Waals surface area contributed by atoms with Crippen molar-refractivity contribution in [3.63, 3.8) is 0 Å². The zero-order chi connectivity index (χ0) is 25.3. The summed E-state index contributed by atoms with van der Waals surface area (Å²) in [6.45, 7) is 7.09. The molecule has 0 aromatic rings. The number of hydrogen-bond donors (Lipinski definition) is 4. The van der Waals surface area contributed by atoms with Crippen LogP contribution in [0.2, 0.25) is 0 Å². The minimum absolute atomic E-state index is 0.0141. The highest BCUT2D eigenvalue weighted by Crippen LogP contribution is 1.95. The van der Waals surface area contributed by atoms with Gasteiger partial charge in [0.25, 0.3) is 0 Å². The van der Waals surface area contributed by atoms with Crippen molar-refractivity contribution >= 4 is 24.1 Å². The highest BCUT2D eigenvalue weighted by Gasteiger charge is 2.05. The van der Waals surface area contributed by atoms with E-state index in [9.17, 15) is 19.2 Å². The van der Waals surface area contributed by atoms with Crippen LogP contribution in [0.1, 0.15) is 39.5 Å². The summed E-state index contributed by atoms with van der Waals surface area (Å²) in [6.07, 6.45) is 3.50. The third kappa shape index (κ3) is 22.9. The fourth-order valence-corrected chi connectivity index (χ4v) is 2.44. The van der Waals surface area contributed by atoms with Crippen LogP contribution in [0.5, 0.6) is 0 Å². The molecule has 4 N–H and O–H groups in total. The van der Waals surface area contributed by atoms with E-state index < -0.39 is 0 Å². The second kappa shape index (κ2) is 23.9. The van der Waals surface area contributed by atoms with Crippen molar-refractivity contribution in [2.24, 2.45) is 0 Å². The number of nitrogens with one attached hydrogen (secondary N) is 4. The Morgan fingerprint density at radius 3 is 1.76 bits per heavy atom. The van der Waals surface area contributed by atoms with Crippen LogP contribution in [0.15, 0.2) is 0 Å². The van der Waals surface area contributed by atoms with E-state index in [-0.39, 0.29) is 43.6 Å². The summed E-state index contributed by atoms with van der Waals surface area (Å²) in [5.41, 5.74) is 0. The van der Waals surface area contributed by atoms with E-state index in [1.165, 1.54) is 0 Å². The van der Waals surface area contributed by atoms with Gasteiger partial charge in [0, 0.05) is 32.1 Å². The molecule has 0 aliphatic heterocycles. The van der Waals surface area contributed by atoms with Crippen molar-refractivity contribution in [3.05, 3.63) is 0 Å². The van der Waals surface area contributed by atoms with E-state index in [0.717, 1.165) is 12.8 Å². The van der Waals surface area contributed by atoms with Gasteiger partial charge in [0.2, 0.25) is 24.1 Å². The zero-order valence-corrected chi connectivity index (χ0v) is 20.5. The lowest BCUT2D eigenvalue weighted by Gasteiger charge is -2.10. The molecule has 0 bridgehead atoms. The Balaban J connectivity index is 3.36. The Bertz CT molecular complexity index is 551. The number of unbranched alkanes of at least 4 members (excludes halogenated alkanes) is 1. The Labute approximate surface area is 202 Å². The highest BCUT2D eigenvalue weighted by atomic mass is 16.5. The summed E-state index contributed by atoms with van der Waals surface area (Å²) < 4.78 is 21.1.